The minimum Gasteiger partial charge on any atom is -0.227 e. The van der Waals surface area contributed by atoms with Gasteiger partial charge in [-0.15, -0.1) is 0 Å². The molecule has 1 aromatic heterocycles. The predicted octanol–water partition coefficient (Wildman–Crippen LogP) is 0.127. The van der Waals surface area contributed by atoms with Crippen LogP contribution in [0.15, 0.2) is 17.4 Å². The van der Waals surface area contributed by atoms with E-state index in [0.29, 0.717) is 5.69 Å². The van der Waals surface area contributed by atoms with E-state index in [-0.39, 0.29) is 5.16 Å². The fourth-order valence-corrected chi connectivity index (χ4v) is 3.80. The third-order valence-corrected chi connectivity index (χ3v) is 4.55. The minimum atomic E-state index is -3.84. The molecule has 0 aromatic carbocycles. The van der Waals surface area contributed by atoms with Gasteiger partial charge in [-0.2, -0.15) is 0 Å². The Balaban J connectivity index is 2.95. The van der Waals surface area contributed by atoms with Crippen molar-refractivity contribution in [1.29, 1.82) is 0 Å². The molecular formula is C7H9ClN2O4S2. The lowest BCUT2D eigenvalue weighted by Crippen LogP contribution is -2.16. The molecule has 1 aromatic rings. The third-order valence-electron chi connectivity index (χ3n) is 1.65. The Kier molecular flexibility index (Phi) is 3.87. The summed E-state index contributed by atoms with van der Waals surface area (Å²) < 4.78 is 44.4. The molecule has 0 aliphatic heterocycles. The number of aryl methyl sites for hydroxylation is 1. The van der Waals surface area contributed by atoms with Crippen LogP contribution in [-0.2, 0) is 18.9 Å². The van der Waals surface area contributed by atoms with Gasteiger partial charge >= 0.3 is 0 Å². The molecule has 0 atom stereocenters. The maximum Gasteiger partial charge on any atom is 0.247 e. The Labute approximate surface area is 98.0 Å². The maximum absolute atomic E-state index is 11.6. The van der Waals surface area contributed by atoms with Crippen LogP contribution in [0.3, 0.4) is 0 Å². The summed E-state index contributed by atoms with van der Waals surface area (Å²) in [5.74, 6) is -1.28. The molecule has 0 fully saturated rings. The largest absolute Gasteiger partial charge is 0.247 e. The molecule has 0 bridgehead atoms. The predicted molar refractivity (Wildman–Crippen MR) is 58.5 cm³/mol. The standard InChI is InChI=1S/C7H9ClN2O4S2/c1-6-2-3-9-7(10-6)15(11,12)4-5-16(8,13)14/h2-3H,4-5H2,1H3. The first-order valence-electron chi connectivity index (χ1n) is 4.15. The molecular weight excluding hydrogens is 276 g/mol. The molecule has 0 spiro atoms. The van der Waals surface area contributed by atoms with Gasteiger partial charge in [0.1, 0.15) is 0 Å². The van der Waals surface area contributed by atoms with E-state index in [0.717, 1.165) is 0 Å². The highest BCUT2D eigenvalue weighted by Gasteiger charge is 2.21. The minimum absolute atomic E-state index is 0.382. The number of sulfone groups is 1. The molecule has 6 nitrogen and oxygen atoms in total. The number of nitrogens with zero attached hydrogens (tertiary/aromatic N) is 2. The Morgan fingerprint density at radius 1 is 1.25 bits per heavy atom. The summed E-state index contributed by atoms with van der Waals surface area (Å²) >= 11 is 0. The van der Waals surface area contributed by atoms with Gasteiger partial charge in [-0.25, -0.2) is 26.8 Å². The second-order valence-corrected chi connectivity index (χ2v) is 7.94. The van der Waals surface area contributed by atoms with Gasteiger partial charge in [0, 0.05) is 22.6 Å². The topological polar surface area (TPSA) is 94.1 Å². The normalized spacial score (nSPS) is 12.6. The first-order chi connectivity index (χ1) is 7.21. The van der Waals surface area contributed by atoms with Crippen molar-refractivity contribution in [3.05, 3.63) is 18.0 Å². The summed E-state index contributed by atoms with van der Waals surface area (Å²) in [5.41, 5.74) is 0.488. The second kappa shape index (κ2) is 4.64. The van der Waals surface area contributed by atoms with Gasteiger partial charge in [-0.05, 0) is 13.0 Å². The summed E-state index contributed by atoms with van der Waals surface area (Å²) in [7, 11) is -2.71. The van der Waals surface area contributed by atoms with Crippen molar-refractivity contribution in [2.45, 2.75) is 12.1 Å². The molecule has 9 heteroatoms. The van der Waals surface area contributed by atoms with Crippen LogP contribution in [0.1, 0.15) is 5.69 Å². The zero-order chi connectivity index (χ0) is 12.4. The number of hydrogen-bond acceptors (Lipinski definition) is 6. The lowest BCUT2D eigenvalue weighted by Gasteiger charge is -2.01. The molecule has 90 valence electrons. The average Bonchev–Trinajstić information content (AvgIpc) is 2.14. The molecule has 16 heavy (non-hydrogen) atoms. The molecule has 0 aliphatic carbocycles. The van der Waals surface area contributed by atoms with Gasteiger partial charge in [0.15, 0.2) is 0 Å². The number of halogens is 1. The molecule has 0 saturated heterocycles. The second-order valence-electron chi connectivity index (χ2n) is 3.04. The molecule has 1 rings (SSSR count). The van der Waals surface area contributed by atoms with Crippen molar-refractivity contribution in [3.8, 4) is 0 Å². The van der Waals surface area contributed by atoms with Gasteiger partial charge in [-0.3, -0.25) is 0 Å². The lowest BCUT2D eigenvalue weighted by atomic mass is 10.5. The fraction of sp³-hybridized carbons (Fsp3) is 0.429. The van der Waals surface area contributed by atoms with Crippen LogP contribution >= 0.6 is 10.7 Å². The van der Waals surface area contributed by atoms with Crippen LogP contribution in [0.25, 0.3) is 0 Å². The average molecular weight is 285 g/mol. The van der Waals surface area contributed by atoms with Crippen LogP contribution in [-0.4, -0.2) is 38.3 Å². The molecule has 0 N–H and O–H groups in total. The van der Waals surface area contributed by atoms with Gasteiger partial charge in [-0.1, -0.05) is 0 Å². The molecule has 0 unspecified atom stereocenters. The first kappa shape index (κ1) is 13.3. The van der Waals surface area contributed by atoms with Crippen molar-refractivity contribution in [1.82, 2.24) is 9.97 Å². The van der Waals surface area contributed by atoms with E-state index in [2.05, 4.69) is 9.97 Å². The SMILES string of the molecule is Cc1ccnc(S(=O)(=O)CCS(=O)(=O)Cl)n1. The highest BCUT2D eigenvalue weighted by atomic mass is 35.7. The molecule has 0 saturated carbocycles. The Morgan fingerprint density at radius 3 is 2.38 bits per heavy atom. The molecule has 0 aliphatic rings. The summed E-state index contributed by atoms with van der Waals surface area (Å²) in [5, 5.41) is -0.382. The van der Waals surface area contributed by atoms with Gasteiger partial charge in [0.25, 0.3) is 0 Å². The monoisotopic (exact) mass is 284 g/mol. The van der Waals surface area contributed by atoms with Crippen molar-refractivity contribution in [2.24, 2.45) is 0 Å². The van der Waals surface area contributed by atoms with E-state index in [1.165, 1.54) is 12.3 Å². The van der Waals surface area contributed by atoms with Gasteiger partial charge in [0.2, 0.25) is 24.0 Å². The van der Waals surface area contributed by atoms with Crippen molar-refractivity contribution < 1.29 is 16.8 Å². The number of rotatable bonds is 4. The lowest BCUT2D eigenvalue weighted by molar-refractivity contribution is 0.584. The zero-order valence-corrected chi connectivity index (χ0v) is 10.7. The smallest absolute Gasteiger partial charge is 0.227 e. The van der Waals surface area contributed by atoms with Crippen LogP contribution in [0.4, 0.5) is 0 Å². The van der Waals surface area contributed by atoms with Crippen molar-refractivity contribution in [3.63, 3.8) is 0 Å². The third kappa shape index (κ3) is 4.03. The molecule has 0 amide bonds. The molecule has 1 heterocycles. The van der Waals surface area contributed by atoms with E-state index >= 15 is 0 Å². The zero-order valence-electron chi connectivity index (χ0n) is 8.29. The van der Waals surface area contributed by atoms with Crippen molar-refractivity contribution in [2.75, 3.05) is 11.5 Å². The van der Waals surface area contributed by atoms with E-state index in [1.54, 1.807) is 6.92 Å². The maximum atomic E-state index is 11.6. The highest BCUT2D eigenvalue weighted by molar-refractivity contribution is 8.14. The van der Waals surface area contributed by atoms with E-state index in [4.69, 9.17) is 10.7 Å². The van der Waals surface area contributed by atoms with E-state index < -0.39 is 30.4 Å². The van der Waals surface area contributed by atoms with E-state index in [1.807, 2.05) is 0 Å². The summed E-state index contributed by atoms with van der Waals surface area (Å²) in [4.78, 5) is 7.28. The fourth-order valence-electron chi connectivity index (χ4n) is 0.876. The van der Waals surface area contributed by atoms with Gasteiger partial charge in [0.05, 0.1) is 11.5 Å². The van der Waals surface area contributed by atoms with Crippen LogP contribution in [0.2, 0.25) is 0 Å². The van der Waals surface area contributed by atoms with Crippen molar-refractivity contribution >= 4 is 29.6 Å². The Morgan fingerprint density at radius 2 is 1.88 bits per heavy atom. The molecule has 0 radical (unpaired) electrons. The summed E-state index contributed by atoms with van der Waals surface area (Å²) in [6.07, 6.45) is 1.30. The Bertz CT molecular complexity index is 582. The highest BCUT2D eigenvalue weighted by Crippen LogP contribution is 2.07. The summed E-state index contributed by atoms with van der Waals surface area (Å²) in [6.45, 7) is 1.61. The number of aromatic nitrogens is 2. The van der Waals surface area contributed by atoms with Crippen LogP contribution < -0.4 is 0 Å². The van der Waals surface area contributed by atoms with Gasteiger partial charge < -0.3 is 0 Å². The summed E-state index contributed by atoms with van der Waals surface area (Å²) in [6, 6.07) is 1.54. The van der Waals surface area contributed by atoms with Crippen LogP contribution in [0.5, 0.6) is 0 Å². The number of hydrogen-bond donors (Lipinski definition) is 0. The Hall–Kier alpha value is -0.730. The van der Waals surface area contributed by atoms with E-state index in [9.17, 15) is 16.8 Å². The quantitative estimate of drug-likeness (QED) is 0.576. The van der Waals surface area contributed by atoms with Crippen LogP contribution in [0, 0.1) is 6.92 Å². The first-order valence-corrected chi connectivity index (χ1v) is 8.28.